The third kappa shape index (κ3) is 6.03. The molecule has 1 aliphatic carbocycles. The lowest BCUT2D eigenvalue weighted by Gasteiger charge is -2.38. The van der Waals surface area contributed by atoms with Gasteiger partial charge in [0, 0.05) is 5.41 Å². The van der Waals surface area contributed by atoms with Crippen LogP contribution in [0.5, 0.6) is 23.0 Å². The van der Waals surface area contributed by atoms with E-state index < -0.39 is 97.9 Å². The third-order valence-electron chi connectivity index (χ3n) is 8.38. The van der Waals surface area contributed by atoms with Crippen LogP contribution in [0.2, 0.25) is 0 Å². The van der Waals surface area contributed by atoms with Gasteiger partial charge in [0.2, 0.25) is 23.1 Å². The molecular weight excluding hydrogens is 682 g/mol. The van der Waals surface area contributed by atoms with Crippen molar-refractivity contribution in [2.24, 2.45) is 0 Å². The summed E-state index contributed by atoms with van der Waals surface area (Å²) in [4.78, 5) is 45.6. The van der Waals surface area contributed by atoms with Gasteiger partial charge < -0.3 is 29.9 Å². The standard InChI is InChI=1S/C34H22F6O10/c35-22-18(30(41)42)20(32(45)46)24(37)28(26(22)39)49-16-8-4-14(5-9-16)34(12-2-1-3-13-34)15-6-10-17(11-7-15)50-29-25(38)21(33(47)48)19(31(43)44)23(36)27(29)40/h4-11H,1-3,12-13H2,(H,41,42)(H,43,44)(H,45,46)(H,47,48). The normalized spacial score (nSPS) is 13.8. The average molecular weight is 705 g/mol. The number of hydrogen-bond donors (Lipinski definition) is 4. The van der Waals surface area contributed by atoms with Gasteiger partial charge in [-0.1, -0.05) is 43.5 Å². The molecule has 5 rings (SSSR count). The van der Waals surface area contributed by atoms with Gasteiger partial charge in [0.25, 0.3) is 0 Å². The summed E-state index contributed by atoms with van der Waals surface area (Å²) in [5.74, 6) is -24.5. The summed E-state index contributed by atoms with van der Waals surface area (Å²) in [5, 5.41) is 36.7. The van der Waals surface area contributed by atoms with E-state index in [0.29, 0.717) is 24.0 Å². The van der Waals surface area contributed by atoms with Crippen LogP contribution in [-0.2, 0) is 5.41 Å². The third-order valence-corrected chi connectivity index (χ3v) is 8.38. The van der Waals surface area contributed by atoms with Crippen molar-refractivity contribution < 1.29 is 75.4 Å². The Labute approximate surface area is 276 Å². The molecule has 0 spiro atoms. The highest BCUT2D eigenvalue weighted by atomic mass is 19.2. The summed E-state index contributed by atoms with van der Waals surface area (Å²) >= 11 is 0. The fourth-order valence-electron chi connectivity index (χ4n) is 6.08. The highest BCUT2D eigenvalue weighted by Crippen LogP contribution is 2.46. The number of carbonyl (C=O) groups is 4. The van der Waals surface area contributed by atoms with Gasteiger partial charge in [-0.25, -0.2) is 36.7 Å². The largest absolute Gasteiger partial charge is 0.478 e. The molecule has 1 aliphatic rings. The molecule has 0 unspecified atom stereocenters. The zero-order chi connectivity index (χ0) is 36.7. The highest BCUT2D eigenvalue weighted by molar-refractivity contribution is 6.03. The quantitative estimate of drug-likeness (QED) is 0.0934. The Bertz CT molecular complexity index is 1920. The number of benzene rings is 4. The number of carboxylic acid groups (broad SMARTS) is 4. The summed E-state index contributed by atoms with van der Waals surface area (Å²) in [6, 6.07) is 11.2. The molecule has 0 bridgehead atoms. The molecule has 4 N–H and O–H groups in total. The van der Waals surface area contributed by atoms with Gasteiger partial charge >= 0.3 is 23.9 Å². The molecule has 0 heterocycles. The second kappa shape index (κ2) is 13.4. The van der Waals surface area contributed by atoms with Crippen LogP contribution in [0, 0.1) is 34.9 Å². The molecule has 4 aromatic rings. The Balaban J connectivity index is 1.47. The Morgan fingerprint density at radius 3 is 1.06 bits per heavy atom. The SMILES string of the molecule is O=C(O)c1c(F)c(F)c(Oc2ccc(C3(c4ccc(Oc5c(F)c(F)c(C(=O)O)c(C(=O)O)c5F)cc4)CCCCC3)cc2)c(F)c1C(=O)O. The number of rotatable bonds is 10. The number of ether oxygens (including phenoxy) is 2. The Morgan fingerprint density at radius 1 is 0.460 bits per heavy atom. The van der Waals surface area contributed by atoms with Crippen LogP contribution in [0.3, 0.4) is 0 Å². The molecule has 0 aromatic heterocycles. The first-order chi connectivity index (χ1) is 23.6. The zero-order valence-electron chi connectivity index (χ0n) is 25.2. The predicted molar refractivity (Wildman–Crippen MR) is 157 cm³/mol. The molecule has 10 nitrogen and oxygen atoms in total. The molecule has 16 heteroatoms. The maximum absolute atomic E-state index is 15.0. The van der Waals surface area contributed by atoms with Crippen LogP contribution in [-0.4, -0.2) is 44.3 Å². The number of carboxylic acids is 4. The summed E-state index contributed by atoms with van der Waals surface area (Å²) in [6.07, 6.45) is 3.55. The van der Waals surface area contributed by atoms with Gasteiger partial charge in [-0.05, 0) is 48.2 Å². The van der Waals surface area contributed by atoms with E-state index in [1.54, 1.807) is 0 Å². The van der Waals surface area contributed by atoms with Crippen molar-refractivity contribution in [2.75, 3.05) is 0 Å². The first-order valence-corrected chi connectivity index (χ1v) is 14.5. The van der Waals surface area contributed by atoms with Crippen molar-refractivity contribution in [1.29, 1.82) is 0 Å². The smallest absolute Gasteiger partial charge is 0.339 e. The molecule has 4 aromatic carbocycles. The Kier molecular flexibility index (Phi) is 9.48. The van der Waals surface area contributed by atoms with Crippen LogP contribution in [0.25, 0.3) is 0 Å². The first-order valence-electron chi connectivity index (χ1n) is 14.5. The van der Waals surface area contributed by atoms with E-state index in [9.17, 15) is 55.7 Å². The molecule has 50 heavy (non-hydrogen) atoms. The van der Waals surface area contributed by atoms with Crippen molar-refractivity contribution in [1.82, 2.24) is 0 Å². The predicted octanol–water partition coefficient (Wildman–Crippen LogP) is 8.15. The molecule has 0 atom stereocenters. The summed E-state index contributed by atoms with van der Waals surface area (Å²) in [5.41, 5.74) is -6.08. The maximum Gasteiger partial charge on any atom is 0.339 e. The molecule has 1 saturated carbocycles. The van der Waals surface area contributed by atoms with Crippen LogP contribution in [0.1, 0.15) is 84.7 Å². The summed E-state index contributed by atoms with van der Waals surface area (Å²) in [6.45, 7) is 0. The van der Waals surface area contributed by atoms with Crippen molar-refractivity contribution in [3.05, 3.63) is 117 Å². The van der Waals surface area contributed by atoms with Crippen molar-refractivity contribution in [2.45, 2.75) is 37.5 Å². The molecule has 260 valence electrons. The van der Waals surface area contributed by atoms with Gasteiger partial charge in [-0.2, -0.15) is 8.78 Å². The van der Waals surface area contributed by atoms with Gasteiger partial charge in [0.1, 0.15) is 33.8 Å². The minimum atomic E-state index is -2.21. The molecule has 0 radical (unpaired) electrons. The molecule has 0 saturated heterocycles. The fraction of sp³-hybridized carbons (Fsp3) is 0.176. The zero-order valence-corrected chi connectivity index (χ0v) is 25.2. The van der Waals surface area contributed by atoms with Gasteiger partial charge in [-0.15, -0.1) is 0 Å². The van der Waals surface area contributed by atoms with Crippen LogP contribution in [0.4, 0.5) is 26.3 Å². The van der Waals surface area contributed by atoms with Crippen molar-refractivity contribution >= 4 is 23.9 Å². The minimum Gasteiger partial charge on any atom is -0.478 e. The lowest BCUT2D eigenvalue weighted by Crippen LogP contribution is -2.30. The molecule has 0 amide bonds. The Hall–Kier alpha value is -6.06. The summed E-state index contributed by atoms with van der Waals surface area (Å²) in [7, 11) is 0. The van der Waals surface area contributed by atoms with E-state index in [1.165, 1.54) is 48.5 Å². The van der Waals surface area contributed by atoms with E-state index in [2.05, 4.69) is 0 Å². The number of hydrogen-bond acceptors (Lipinski definition) is 6. The Morgan fingerprint density at radius 2 is 0.760 bits per heavy atom. The minimum absolute atomic E-state index is 0.258. The molecular formula is C34H22F6O10. The first kappa shape index (κ1) is 35.3. The van der Waals surface area contributed by atoms with Crippen molar-refractivity contribution in [3.8, 4) is 23.0 Å². The lowest BCUT2D eigenvalue weighted by molar-refractivity contribution is 0.0640. The van der Waals surface area contributed by atoms with E-state index in [-0.39, 0.29) is 11.5 Å². The fourth-order valence-corrected chi connectivity index (χ4v) is 6.08. The molecule has 1 fully saturated rings. The topological polar surface area (TPSA) is 168 Å². The lowest BCUT2D eigenvalue weighted by atomic mass is 9.65. The maximum atomic E-state index is 15.0. The second-order valence-corrected chi connectivity index (χ2v) is 11.2. The average Bonchev–Trinajstić information content (AvgIpc) is 3.08. The number of halogens is 6. The van der Waals surface area contributed by atoms with Crippen LogP contribution in [0.15, 0.2) is 48.5 Å². The van der Waals surface area contributed by atoms with E-state index in [4.69, 9.17) is 19.7 Å². The van der Waals surface area contributed by atoms with Gasteiger partial charge in [0.05, 0.1) is 0 Å². The van der Waals surface area contributed by atoms with Crippen molar-refractivity contribution in [3.63, 3.8) is 0 Å². The summed E-state index contributed by atoms with van der Waals surface area (Å²) < 4.78 is 98.6. The number of aromatic carboxylic acids is 4. The van der Waals surface area contributed by atoms with Gasteiger partial charge in [-0.3, -0.25) is 0 Å². The van der Waals surface area contributed by atoms with E-state index in [0.717, 1.165) is 19.3 Å². The van der Waals surface area contributed by atoms with Crippen LogP contribution < -0.4 is 9.47 Å². The monoisotopic (exact) mass is 704 g/mol. The highest BCUT2D eigenvalue weighted by Gasteiger charge is 2.38. The van der Waals surface area contributed by atoms with E-state index >= 15 is 0 Å². The van der Waals surface area contributed by atoms with Crippen LogP contribution >= 0.6 is 0 Å². The van der Waals surface area contributed by atoms with Gasteiger partial charge in [0.15, 0.2) is 23.3 Å². The van der Waals surface area contributed by atoms with E-state index in [1.807, 2.05) is 0 Å². The molecule has 0 aliphatic heterocycles. The second-order valence-electron chi connectivity index (χ2n) is 11.2.